The van der Waals surface area contributed by atoms with Gasteiger partial charge in [-0.15, -0.1) is 0 Å². The Labute approximate surface area is 118 Å². The Bertz CT molecular complexity index is 561. The van der Waals surface area contributed by atoms with Gasteiger partial charge in [0.1, 0.15) is 5.82 Å². The third kappa shape index (κ3) is 2.50. The Morgan fingerprint density at radius 1 is 1.19 bits per heavy atom. The molecule has 1 aromatic rings. The van der Waals surface area contributed by atoms with Gasteiger partial charge in [0.2, 0.25) is 0 Å². The molecule has 2 heterocycles. The lowest BCUT2D eigenvalue weighted by molar-refractivity contribution is -0.140. The van der Waals surface area contributed by atoms with Crippen LogP contribution in [0.1, 0.15) is 15.9 Å². The molecule has 3 rings (SSSR count). The zero-order valence-corrected chi connectivity index (χ0v) is 11.1. The molecule has 0 aliphatic carbocycles. The number of hydrogen-bond donors (Lipinski definition) is 1. The van der Waals surface area contributed by atoms with Crippen molar-refractivity contribution >= 4 is 5.91 Å². The minimum Gasteiger partial charge on any atom is -0.338 e. The maximum Gasteiger partial charge on any atom is 0.419 e. The summed E-state index contributed by atoms with van der Waals surface area (Å²) in [5, 5.41) is 3.20. The molecule has 1 aromatic carbocycles. The zero-order valence-electron chi connectivity index (χ0n) is 11.1. The Hall–Kier alpha value is -1.63. The molecule has 0 radical (unpaired) electrons. The Kier molecular flexibility index (Phi) is 3.39. The highest BCUT2D eigenvalue weighted by atomic mass is 19.4. The van der Waals surface area contributed by atoms with E-state index in [9.17, 15) is 22.4 Å². The van der Waals surface area contributed by atoms with E-state index in [1.54, 1.807) is 0 Å². The molecule has 2 unspecified atom stereocenters. The molecule has 3 nitrogen and oxygen atoms in total. The SMILES string of the molecule is O=C(c1cccc(C(F)(F)F)c1F)N1CC2CNCC2C1. The highest BCUT2D eigenvalue weighted by Crippen LogP contribution is 2.33. The van der Waals surface area contributed by atoms with Crippen molar-refractivity contribution in [3.63, 3.8) is 0 Å². The number of benzene rings is 1. The second kappa shape index (κ2) is 4.98. The van der Waals surface area contributed by atoms with Gasteiger partial charge in [0.25, 0.3) is 5.91 Å². The van der Waals surface area contributed by atoms with Crippen LogP contribution in [-0.4, -0.2) is 37.0 Å². The standard InChI is InChI=1S/C14H14F4N2O/c15-12-10(2-1-3-11(12)14(16,17)18)13(21)20-6-8-4-19-5-9(8)7-20/h1-3,8-9,19H,4-7H2. The van der Waals surface area contributed by atoms with Gasteiger partial charge < -0.3 is 10.2 Å². The molecular formula is C14H14F4N2O. The van der Waals surface area contributed by atoms with E-state index in [1.807, 2.05) is 0 Å². The number of fused-ring (bicyclic) bond motifs is 1. The molecule has 0 aromatic heterocycles. The maximum absolute atomic E-state index is 14.0. The van der Waals surface area contributed by atoms with Crippen LogP contribution in [0.25, 0.3) is 0 Å². The van der Waals surface area contributed by atoms with Crippen molar-refractivity contribution < 1.29 is 22.4 Å². The second-order valence-electron chi connectivity index (χ2n) is 5.55. The average Bonchev–Trinajstić information content (AvgIpc) is 2.97. The molecule has 114 valence electrons. The fourth-order valence-electron chi connectivity index (χ4n) is 3.11. The molecule has 0 bridgehead atoms. The molecule has 2 saturated heterocycles. The van der Waals surface area contributed by atoms with E-state index in [0.717, 1.165) is 25.2 Å². The van der Waals surface area contributed by atoms with Gasteiger partial charge in [-0.1, -0.05) is 6.07 Å². The third-order valence-electron chi connectivity index (χ3n) is 4.21. The summed E-state index contributed by atoms with van der Waals surface area (Å²) in [4.78, 5) is 13.7. The average molecular weight is 302 g/mol. The summed E-state index contributed by atoms with van der Waals surface area (Å²) < 4.78 is 52.0. The number of hydrogen-bond acceptors (Lipinski definition) is 2. The fourth-order valence-corrected chi connectivity index (χ4v) is 3.11. The lowest BCUT2D eigenvalue weighted by Gasteiger charge is -2.19. The number of carbonyl (C=O) groups is 1. The van der Waals surface area contributed by atoms with Crippen molar-refractivity contribution in [2.75, 3.05) is 26.2 Å². The summed E-state index contributed by atoms with van der Waals surface area (Å²) in [5.41, 5.74) is -1.90. The van der Waals surface area contributed by atoms with E-state index in [2.05, 4.69) is 5.32 Å². The summed E-state index contributed by atoms with van der Waals surface area (Å²) in [7, 11) is 0. The summed E-state index contributed by atoms with van der Waals surface area (Å²) in [6.45, 7) is 2.51. The normalized spacial score (nSPS) is 25.2. The lowest BCUT2D eigenvalue weighted by Crippen LogP contribution is -2.32. The van der Waals surface area contributed by atoms with Gasteiger partial charge in [-0.25, -0.2) is 4.39 Å². The van der Waals surface area contributed by atoms with Gasteiger partial charge in [-0.2, -0.15) is 13.2 Å². The van der Waals surface area contributed by atoms with Crippen molar-refractivity contribution in [3.8, 4) is 0 Å². The molecule has 2 aliphatic heterocycles. The third-order valence-corrected chi connectivity index (χ3v) is 4.21. The summed E-state index contributed by atoms with van der Waals surface area (Å²) in [6, 6.07) is 2.82. The quantitative estimate of drug-likeness (QED) is 0.806. The molecule has 1 amide bonds. The van der Waals surface area contributed by atoms with Crippen LogP contribution in [-0.2, 0) is 6.18 Å². The van der Waals surface area contributed by atoms with E-state index >= 15 is 0 Å². The van der Waals surface area contributed by atoms with Crippen LogP contribution < -0.4 is 5.32 Å². The number of carbonyl (C=O) groups excluding carboxylic acids is 1. The van der Waals surface area contributed by atoms with Crippen LogP contribution in [0.5, 0.6) is 0 Å². The van der Waals surface area contributed by atoms with Crippen LogP contribution in [0.2, 0.25) is 0 Å². The van der Waals surface area contributed by atoms with Crippen LogP contribution in [0.3, 0.4) is 0 Å². The van der Waals surface area contributed by atoms with E-state index in [0.29, 0.717) is 31.0 Å². The first-order valence-electron chi connectivity index (χ1n) is 6.73. The van der Waals surface area contributed by atoms with Gasteiger partial charge in [-0.05, 0) is 24.0 Å². The molecule has 2 atom stereocenters. The van der Waals surface area contributed by atoms with E-state index in [1.165, 1.54) is 4.90 Å². The minimum absolute atomic E-state index is 0.308. The second-order valence-corrected chi connectivity index (χ2v) is 5.55. The van der Waals surface area contributed by atoms with Gasteiger partial charge in [-0.3, -0.25) is 4.79 Å². The Morgan fingerprint density at radius 3 is 2.38 bits per heavy atom. The molecule has 7 heteroatoms. The largest absolute Gasteiger partial charge is 0.419 e. The zero-order chi connectivity index (χ0) is 15.2. The molecule has 2 aliphatic rings. The Balaban J connectivity index is 1.86. The number of nitrogens with one attached hydrogen (secondary N) is 1. The maximum atomic E-state index is 14.0. The highest BCUT2D eigenvalue weighted by Gasteiger charge is 2.40. The predicted molar refractivity (Wildman–Crippen MR) is 67.2 cm³/mol. The summed E-state index contributed by atoms with van der Waals surface area (Å²) in [5.74, 6) is -1.52. The van der Waals surface area contributed by atoms with Crippen LogP contribution >= 0.6 is 0 Å². The van der Waals surface area contributed by atoms with Crippen LogP contribution in [0, 0.1) is 17.7 Å². The number of halogens is 4. The van der Waals surface area contributed by atoms with Gasteiger partial charge in [0.05, 0.1) is 11.1 Å². The lowest BCUT2D eigenvalue weighted by atomic mass is 10.0. The molecule has 0 spiro atoms. The monoisotopic (exact) mass is 302 g/mol. The van der Waals surface area contributed by atoms with Crippen molar-refractivity contribution in [2.24, 2.45) is 11.8 Å². The first-order chi connectivity index (χ1) is 9.88. The van der Waals surface area contributed by atoms with Crippen LogP contribution in [0.4, 0.5) is 17.6 Å². The number of nitrogens with zero attached hydrogens (tertiary/aromatic N) is 1. The van der Waals surface area contributed by atoms with E-state index in [-0.39, 0.29) is 0 Å². The first kappa shape index (κ1) is 14.3. The predicted octanol–water partition coefficient (Wildman–Crippen LogP) is 2.14. The molecule has 1 N–H and O–H groups in total. The highest BCUT2D eigenvalue weighted by molar-refractivity contribution is 5.95. The number of likely N-dealkylation sites (tertiary alicyclic amines) is 1. The number of rotatable bonds is 1. The Morgan fingerprint density at radius 2 is 1.81 bits per heavy atom. The van der Waals surface area contributed by atoms with Crippen molar-refractivity contribution in [1.29, 1.82) is 0 Å². The van der Waals surface area contributed by atoms with Gasteiger partial charge in [0.15, 0.2) is 0 Å². The van der Waals surface area contributed by atoms with Crippen molar-refractivity contribution in [1.82, 2.24) is 10.2 Å². The number of amides is 1. The molecule has 2 fully saturated rings. The summed E-state index contributed by atoms with van der Waals surface area (Å²) in [6.07, 6.45) is -4.80. The van der Waals surface area contributed by atoms with Crippen molar-refractivity contribution in [2.45, 2.75) is 6.18 Å². The van der Waals surface area contributed by atoms with Crippen molar-refractivity contribution in [3.05, 3.63) is 35.1 Å². The van der Waals surface area contributed by atoms with Gasteiger partial charge >= 0.3 is 6.18 Å². The van der Waals surface area contributed by atoms with Gasteiger partial charge in [0, 0.05) is 26.2 Å². The minimum atomic E-state index is -4.80. The first-order valence-corrected chi connectivity index (χ1v) is 6.73. The topological polar surface area (TPSA) is 32.3 Å². The van der Waals surface area contributed by atoms with Crippen LogP contribution in [0.15, 0.2) is 18.2 Å². The molecule has 21 heavy (non-hydrogen) atoms. The molecule has 0 saturated carbocycles. The fraction of sp³-hybridized carbons (Fsp3) is 0.500. The van der Waals surface area contributed by atoms with E-state index in [4.69, 9.17) is 0 Å². The molecular weight excluding hydrogens is 288 g/mol. The smallest absolute Gasteiger partial charge is 0.338 e. The van der Waals surface area contributed by atoms with E-state index < -0.39 is 29.0 Å². The summed E-state index contributed by atoms with van der Waals surface area (Å²) >= 11 is 0. The number of alkyl halides is 3.